The molecule has 0 unspecified atom stereocenters. The van der Waals surface area contributed by atoms with Gasteiger partial charge in [0.2, 0.25) is 0 Å². The van der Waals surface area contributed by atoms with Gasteiger partial charge < -0.3 is 10.5 Å². The molecule has 0 spiro atoms. The summed E-state index contributed by atoms with van der Waals surface area (Å²) >= 11 is 0. The van der Waals surface area contributed by atoms with Gasteiger partial charge in [0.1, 0.15) is 5.75 Å². The molecule has 0 saturated heterocycles. The second kappa shape index (κ2) is 5.47. The molecule has 0 bridgehead atoms. The van der Waals surface area contributed by atoms with E-state index in [1.54, 1.807) is 31.4 Å². The van der Waals surface area contributed by atoms with Crippen LogP contribution in [0.15, 0.2) is 48.5 Å². The number of hydrogen-bond acceptors (Lipinski definition) is 3. The minimum atomic E-state index is -0.0239. The third kappa shape index (κ3) is 2.57. The van der Waals surface area contributed by atoms with Crippen molar-refractivity contribution in [2.75, 3.05) is 7.11 Å². The standard InChI is InChI=1S/C15H15NO2/c1-18-14-7-3-6-13(9-14)15(17)12-5-2-4-11(8-12)10-16/h2-9H,10,16H2,1H3. The fourth-order valence-electron chi connectivity index (χ4n) is 1.77. The van der Waals surface area contributed by atoms with E-state index in [0.717, 1.165) is 5.56 Å². The summed E-state index contributed by atoms with van der Waals surface area (Å²) in [6.45, 7) is 0.430. The van der Waals surface area contributed by atoms with Gasteiger partial charge in [0.25, 0.3) is 0 Å². The van der Waals surface area contributed by atoms with Crippen LogP contribution in [0, 0.1) is 0 Å². The SMILES string of the molecule is COc1cccc(C(=O)c2cccc(CN)c2)c1. The normalized spacial score (nSPS) is 10.1. The molecule has 2 rings (SSSR count). The molecular formula is C15H15NO2. The number of carbonyl (C=O) groups excluding carboxylic acids is 1. The van der Waals surface area contributed by atoms with Gasteiger partial charge in [0, 0.05) is 17.7 Å². The zero-order valence-corrected chi connectivity index (χ0v) is 10.2. The van der Waals surface area contributed by atoms with Crippen LogP contribution in [0.25, 0.3) is 0 Å². The zero-order valence-electron chi connectivity index (χ0n) is 10.2. The highest BCUT2D eigenvalue weighted by atomic mass is 16.5. The number of benzene rings is 2. The highest BCUT2D eigenvalue weighted by Gasteiger charge is 2.09. The Morgan fingerprint density at radius 2 is 1.78 bits per heavy atom. The Morgan fingerprint density at radius 3 is 2.44 bits per heavy atom. The maximum Gasteiger partial charge on any atom is 0.193 e. The zero-order chi connectivity index (χ0) is 13.0. The average Bonchev–Trinajstić information content (AvgIpc) is 2.46. The monoisotopic (exact) mass is 241 g/mol. The van der Waals surface area contributed by atoms with Crippen molar-refractivity contribution in [3.8, 4) is 5.75 Å². The fraction of sp³-hybridized carbons (Fsp3) is 0.133. The first-order chi connectivity index (χ1) is 8.74. The van der Waals surface area contributed by atoms with Crippen LogP contribution in [0.1, 0.15) is 21.5 Å². The summed E-state index contributed by atoms with van der Waals surface area (Å²) in [5.74, 6) is 0.653. The van der Waals surface area contributed by atoms with Crippen LogP contribution < -0.4 is 10.5 Å². The Bertz CT molecular complexity index is 514. The topological polar surface area (TPSA) is 52.3 Å². The van der Waals surface area contributed by atoms with Crippen molar-refractivity contribution in [3.63, 3.8) is 0 Å². The Kier molecular flexibility index (Phi) is 3.75. The molecule has 0 aromatic heterocycles. The second-order valence-corrected chi connectivity index (χ2v) is 3.97. The lowest BCUT2D eigenvalue weighted by Gasteiger charge is -2.05. The lowest BCUT2D eigenvalue weighted by Crippen LogP contribution is -2.04. The number of carbonyl (C=O) groups is 1. The van der Waals surface area contributed by atoms with E-state index in [1.165, 1.54) is 0 Å². The van der Waals surface area contributed by atoms with Crippen molar-refractivity contribution in [2.24, 2.45) is 5.73 Å². The maximum absolute atomic E-state index is 12.3. The molecule has 0 amide bonds. The first-order valence-electron chi connectivity index (χ1n) is 5.72. The third-order valence-electron chi connectivity index (χ3n) is 2.76. The van der Waals surface area contributed by atoms with Crippen molar-refractivity contribution in [3.05, 3.63) is 65.2 Å². The van der Waals surface area contributed by atoms with Gasteiger partial charge in [-0.1, -0.05) is 30.3 Å². The average molecular weight is 241 g/mol. The van der Waals surface area contributed by atoms with Crippen LogP contribution in [0.5, 0.6) is 5.75 Å². The Morgan fingerprint density at radius 1 is 1.11 bits per heavy atom. The molecule has 92 valence electrons. The number of nitrogens with two attached hydrogens (primary N) is 1. The fourth-order valence-corrected chi connectivity index (χ4v) is 1.77. The predicted octanol–water partition coefficient (Wildman–Crippen LogP) is 2.38. The van der Waals surface area contributed by atoms with Crippen molar-refractivity contribution in [1.29, 1.82) is 0 Å². The molecule has 18 heavy (non-hydrogen) atoms. The summed E-state index contributed by atoms with van der Waals surface area (Å²) in [7, 11) is 1.58. The van der Waals surface area contributed by atoms with E-state index in [2.05, 4.69) is 0 Å². The van der Waals surface area contributed by atoms with Crippen molar-refractivity contribution in [2.45, 2.75) is 6.54 Å². The van der Waals surface area contributed by atoms with E-state index in [9.17, 15) is 4.79 Å². The van der Waals surface area contributed by atoms with Crippen molar-refractivity contribution in [1.82, 2.24) is 0 Å². The molecule has 2 N–H and O–H groups in total. The van der Waals surface area contributed by atoms with Gasteiger partial charge in [-0.05, 0) is 23.8 Å². The third-order valence-corrected chi connectivity index (χ3v) is 2.76. The molecule has 0 aliphatic rings. The minimum absolute atomic E-state index is 0.0239. The van der Waals surface area contributed by atoms with Crippen LogP contribution in [0.2, 0.25) is 0 Å². The van der Waals surface area contributed by atoms with Gasteiger partial charge in [-0.15, -0.1) is 0 Å². The molecule has 2 aromatic carbocycles. The Hall–Kier alpha value is -2.13. The van der Waals surface area contributed by atoms with Gasteiger partial charge in [0.05, 0.1) is 7.11 Å². The quantitative estimate of drug-likeness (QED) is 0.836. The van der Waals surface area contributed by atoms with E-state index < -0.39 is 0 Å². The summed E-state index contributed by atoms with van der Waals surface area (Å²) in [5.41, 5.74) is 7.78. The van der Waals surface area contributed by atoms with Crippen LogP contribution in [0.3, 0.4) is 0 Å². The minimum Gasteiger partial charge on any atom is -0.497 e. The second-order valence-electron chi connectivity index (χ2n) is 3.97. The highest BCUT2D eigenvalue weighted by molar-refractivity contribution is 6.09. The van der Waals surface area contributed by atoms with E-state index in [4.69, 9.17) is 10.5 Å². The molecule has 0 fully saturated rings. The van der Waals surface area contributed by atoms with E-state index >= 15 is 0 Å². The molecule has 0 aliphatic heterocycles. The lowest BCUT2D eigenvalue weighted by atomic mass is 10.0. The number of methoxy groups -OCH3 is 1. The first kappa shape index (κ1) is 12.3. The van der Waals surface area contributed by atoms with Crippen LogP contribution in [-0.2, 0) is 6.54 Å². The number of ether oxygens (including phenoxy) is 1. The van der Waals surface area contributed by atoms with Gasteiger partial charge in [-0.25, -0.2) is 0 Å². The van der Waals surface area contributed by atoms with Gasteiger partial charge >= 0.3 is 0 Å². The molecule has 0 heterocycles. The van der Waals surface area contributed by atoms with E-state index in [0.29, 0.717) is 23.4 Å². The molecule has 2 aromatic rings. The van der Waals surface area contributed by atoms with Gasteiger partial charge in [0.15, 0.2) is 5.78 Å². The van der Waals surface area contributed by atoms with Gasteiger partial charge in [-0.3, -0.25) is 4.79 Å². The van der Waals surface area contributed by atoms with E-state index in [1.807, 2.05) is 24.3 Å². The summed E-state index contributed by atoms with van der Waals surface area (Å²) in [5, 5.41) is 0. The number of rotatable bonds is 4. The Balaban J connectivity index is 2.34. The largest absolute Gasteiger partial charge is 0.497 e. The Labute approximate surface area is 106 Å². The summed E-state index contributed by atoms with van der Waals surface area (Å²) < 4.78 is 5.11. The van der Waals surface area contributed by atoms with Crippen LogP contribution >= 0.6 is 0 Å². The highest BCUT2D eigenvalue weighted by Crippen LogP contribution is 2.17. The molecule has 0 saturated carbocycles. The molecular weight excluding hydrogens is 226 g/mol. The maximum atomic E-state index is 12.3. The van der Waals surface area contributed by atoms with Gasteiger partial charge in [-0.2, -0.15) is 0 Å². The summed E-state index contributed by atoms with van der Waals surface area (Å²) in [6, 6.07) is 14.5. The number of hydrogen-bond donors (Lipinski definition) is 1. The smallest absolute Gasteiger partial charge is 0.193 e. The van der Waals surface area contributed by atoms with E-state index in [-0.39, 0.29) is 5.78 Å². The number of ketones is 1. The van der Waals surface area contributed by atoms with Crippen molar-refractivity contribution >= 4 is 5.78 Å². The molecule has 0 radical (unpaired) electrons. The lowest BCUT2D eigenvalue weighted by molar-refractivity contribution is 0.103. The molecule has 3 nitrogen and oxygen atoms in total. The van der Waals surface area contributed by atoms with Crippen LogP contribution in [-0.4, -0.2) is 12.9 Å². The summed E-state index contributed by atoms with van der Waals surface area (Å²) in [4.78, 5) is 12.3. The van der Waals surface area contributed by atoms with Crippen molar-refractivity contribution < 1.29 is 9.53 Å². The molecule has 0 aliphatic carbocycles. The molecule has 3 heteroatoms. The first-order valence-corrected chi connectivity index (χ1v) is 5.72. The van der Waals surface area contributed by atoms with Crippen LogP contribution in [0.4, 0.5) is 0 Å². The predicted molar refractivity (Wildman–Crippen MR) is 70.8 cm³/mol. The molecule has 0 atom stereocenters. The summed E-state index contributed by atoms with van der Waals surface area (Å²) in [6.07, 6.45) is 0.